The minimum Gasteiger partial charge on any atom is -0.316 e. The van der Waals surface area contributed by atoms with E-state index in [2.05, 4.69) is 10.3 Å². The third kappa shape index (κ3) is 1.85. The quantitative estimate of drug-likeness (QED) is 0.796. The van der Waals surface area contributed by atoms with Gasteiger partial charge in [0.1, 0.15) is 5.65 Å². The number of nitrogens with one attached hydrogen (secondary N) is 1. The maximum atomic E-state index is 10.9. The fourth-order valence-electron chi connectivity index (χ4n) is 2.45. The fourth-order valence-corrected chi connectivity index (χ4v) is 2.45. The van der Waals surface area contributed by atoms with Crippen LogP contribution in [0.1, 0.15) is 34.8 Å². The number of nitrogens with zero attached hydrogens (tertiary/aromatic N) is 2. The maximum Gasteiger partial charge on any atom is 0.153 e. The fraction of sp³-hybridized carbons (Fsp3) is 0.385. The predicted octanol–water partition coefficient (Wildman–Crippen LogP) is 1.61. The number of hydrogen-bond donors (Lipinski definition) is 1. The molecule has 0 radical (unpaired) electrons. The third-order valence-corrected chi connectivity index (χ3v) is 3.37. The first-order valence-electron chi connectivity index (χ1n) is 6.02. The Morgan fingerprint density at radius 1 is 1.53 bits per heavy atom. The van der Waals surface area contributed by atoms with E-state index < -0.39 is 0 Å². The molecule has 0 bridgehead atoms. The van der Waals surface area contributed by atoms with Gasteiger partial charge in [-0.3, -0.25) is 4.79 Å². The summed E-state index contributed by atoms with van der Waals surface area (Å²) in [6.07, 6.45) is 7.21. The Labute approximate surface area is 99.7 Å². The number of fused-ring (bicyclic) bond motifs is 1. The molecule has 1 aliphatic heterocycles. The molecule has 3 heterocycles. The van der Waals surface area contributed by atoms with Crippen molar-refractivity contribution in [1.29, 1.82) is 0 Å². The Morgan fingerprint density at radius 3 is 3.24 bits per heavy atom. The summed E-state index contributed by atoms with van der Waals surface area (Å²) in [6.45, 7) is 2.09. The average Bonchev–Trinajstić information content (AvgIpc) is 2.83. The van der Waals surface area contributed by atoms with E-state index in [-0.39, 0.29) is 0 Å². The van der Waals surface area contributed by atoms with E-state index in [9.17, 15) is 4.79 Å². The van der Waals surface area contributed by atoms with Crippen molar-refractivity contribution in [3.63, 3.8) is 0 Å². The first-order chi connectivity index (χ1) is 8.38. The molecule has 3 rings (SSSR count). The summed E-state index contributed by atoms with van der Waals surface area (Å²) in [5, 5.41) is 3.39. The number of hydrogen-bond acceptors (Lipinski definition) is 3. The molecule has 1 saturated heterocycles. The van der Waals surface area contributed by atoms with Gasteiger partial charge in [-0.15, -0.1) is 0 Å². The smallest absolute Gasteiger partial charge is 0.153 e. The molecular weight excluding hydrogens is 214 g/mol. The number of imidazole rings is 1. The lowest BCUT2D eigenvalue weighted by atomic mass is 9.97. The third-order valence-electron chi connectivity index (χ3n) is 3.37. The van der Waals surface area contributed by atoms with Gasteiger partial charge in [0.15, 0.2) is 6.29 Å². The Balaban J connectivity index is 2.03. The van der Waals surface area contributed by atoms with Crippen molar-refractivity contribution in [2.45, 2.75) is 18.8 Å². The zero-order chi connectivity index (χ0) is 11.7. The SMILES string of the molecule is O=Cc1cccn2cc(C3CCCNC3)nc12. The molecule has 0 aliphatic carbocycles. The van der Waals surface area contributed by atoms with E-state index in [0.29, 0.717) is 11.5 Å². The second-order valence-electron chi connectivity index (χ2n) is 4.52. The van der Waals surface area contributed by atoms with Crippen LogP contribution >= 0.6 is 0 Å². The van der Waals surface area contributed by atoms with Crippen molar-refractivity contribution in [2.75, 3.05) is 13.1 Å². The first kappa shape index (κ1) is 10.5. The van der Waals surface area contributed by atoms with Crippen LogP contribution < -0.4 is 5.32 Å². The molecule has 4 heteroatoms. The van der Waals surface area contributed by atoms with Crippen LogP contribution in [0, 0.1) is 0 Å². The van der Waals surface area contributed by atoms with Crippen LogP contribution in [-0.4, -0.2) is 28.8 Å². The number of pyridine rings is 1. The molecule has 1 unspecified atom stereocenters. The first-order valence-corrected chi connectivity index (χ1v) is 6.02. The minimum atomic E-state index is 0.475. The number of aldehydes is 1. The molecule has 1 aliphatic rings. The van der Waals surface area contributed by atoms with Crippen LogP contribution in [0.4, 0.5) is 0 Å². The maximum absolute atomic E-state index is 10.9. The predicted molar refractivity (Wildman–Crippen MR) is 65.4 cm³/mol. The lowest BCUT2D eigenvalue weighted by Gasteiger charge is -2.20. The average molecular weight is 229 g/mol. The zero-order valence-electron chi connectivity index (χ0n) is 9.60. The topological polar surface area (TPSA) is 46.4 Å². The van der Waals surface area contributed by atoms with Gasteiger partial charge in [-0.1, -0.05) is 0 Å². The molecule has 1 N–H and O–H groups in total. The van der Waals surface area contributed by atoms with Crippen molar-refractivity contribution in [1.82, 2.24) is 14.7 Å². The zero-order valence-corrected chi connectivity index (χ0v) is 9.60. The van der Waals surface area contributed by atoms with E-state index in [1.54, 1.807) is 6.07 Å². The Bertz CT molecular complexity index is 541. The van der Waals surface area contributed by atoms with E-state index in [4.69, 9.17) is 0 Å². The highest BCUT2D eigenvalue weighted by molar-refractivity contribution is 5.84. The highest BCUT2D eigenvalue weighted by Gasteiger charge is 2.18. The summed E-state index contributed by atoms with van der Waals surface area (Å²) in [4.78, 5) is 15.5. The number of carbonyl (C=O) groups excluding carboxylic acids is 1. The van der Waals surface area contributed by atoms with Crippen molar-refractivity contribution in [3.8, 4) is 0 Å². The Kier molecular flexibility index (Phi) is 2.65. The molecule has 0 amide bonds. The molecule has 0 aromatic carbocycles. The van der Waals surface area contributed by atoms with Crippen LogP contribution in [0.2, 0.25) is 0 Å². The van der Waals surface area contributed by atoms with Gasteiger partial charge in [-0.25, -0.2) is 4.98 Å². The highest BCUT2D eigenvalue weighted by Crippen LogP contribution is 2.23. The molecule has 2 aromatic heterocycles. The molecule has 2 aromatic rings. The van der Waals surface area contributed by atoms with Gasteiger partial charge < -0.3 is 9.72 Å². The summed E-state index contributed by atoms with van der Waals surface area (Å²) in [7, 11) is 0. The van der Waals surface area contributed by atoms with Gasteiger partial charge in [0, 0.05) is 24.9 Å². The summed E-state index contributed by atoms with van der Waals surface area (Å²) in [5.41, 5.74) is 2.51. The molecule has 17 heavy (non-hydrogen) atoms. The van der Waals surface area contributed by atoms with Crippen LogP contribution in [0.25, 0.3) is 5.65 Å². The normalized spacial score (nSPS) is 20.6. The van der Waals surface area contributed by atoms with Gasteiger partial charge in [0.2, 0.25) is 0 Å². The molecule has 4 nitrogen and oxygen atoms in total. The number of carbonyl (C=O) groups is 1. The van der Waals surface area contributed by atoms with E-state index in [1.807, 2.05) is 22.9 Å². The van der Waals surface area contributed by atoms with Crippen molar-refractivity contribution >= 4 is 11.9 Å². The molecule has 1 fully saturated rings. The van der Waals surface area contributed by atoms with Crippen molar-refractivity contribution in [3.05, 3.63) is 35.8 Å². The van der Waals surface area contributed by atoms with Gasteiger partial charge in [0.05, 0.1) is 11.3 Å². The molecule has 88 valence electrons. The minimum absolute atomic E-state index is 0.475. The molecular formula is C13H15N3O. The van der Waals surface area contributed by atoms with Gasteiger partial charge in [0.25, 0.3) is 0 Å². The van der Waals surface area contributed by atoms with Gasteiger partial charge >= 0.3 is 0 Å². The number of piperidine rings is 1. The molecule has 0 saturated carbocycles. The summed E-state index contributed by atoms with van der Waals surface area (Å²) in [6, 6.07) is 3.68. The largest absolute Gasteiger partial charge is 0.316 e. The number of rotatable bonds is 2. The van der Waals surface area contributed by atoms with Crippen LogP contribution in [0.5, 0.6) is 0 Å². The van der Waals surface area contributed by atoms with Crippen LogP contribution in [0.3, 0.4) is 0 Å². The standard InChI is InChI=1S/C13H15N3O/c17-9-11-4-2-6-16-8-12(15-13(11)16)10-3-1-5-14-7-10/h2,4,6,8-10,14H,1,3,5,7H2. The summed E-state index contributed by atoms with van der Waals surface area (Å²) in [5.74, 6) is 0.475. The van der Waals surface area contributed by atoms with Crippen LogP contribution in [-0.2, 0) is 0 Å². The van der Waals surface area contributed by atoms with E-state index in [0.717, 1.165) is 30.7 Å². The van der Waals surface area contributed by atoms with Crippen LogP contribution in [0.15, 0.2) is 24.5 Å². The second-order valence-corrected chi connectivity index (χ2v) is 4.52. The lowest BCUT2D eigenvalue weighted by molar-refractivity contribution is 0.112. The van der Waals surface area contributed by atoms with Gasteiger partial charge in [-0.05, 0) is 31.5 Å². The monoisotopic (exact) mass is 229 g/mol. The Hall–Kier alpha value is -1.68. The molecule has 1 atom stereocenters. The summed E-state index contributed by atoms with van der Waals surface area (Å²) < 4.78 is 1.94. The van der Waals surface area contributed by atoms with Crippen molar-refractivity contribution < 1.29 is 4.79 Å². The lowest BCUT2D eigenvalue weighted by Crippen LogP contribution is -2.28. The summed E-state index contributed by atoms with van der Waals surface area (Å²) >= 11 is 0. The van der Waals surface area contributed by atoms with Gasteiger partial charge in [-0.2, -0.15) is 0 Å². The highest BCUT2D eigenvalue weighted by atomic mass is 16.1. The second kappa shape index (κ2) is 4.30. The van der Waals surface area contributed by atoms with E-state index in [1.165, 1.54) is 12.8 Å². The van der Waals surface area contributed by atoms with E-state index >= 15 is 0 Å². The van der Waals surface area contributed by atoms with Crippen molar-refractivity contribution in [2.24, 2.45) is 0 Å². The Morgan fingerprint density at radius 2 is 2.47 bits per heavy atom. The number of aromatic nitrogens is 2. The molecule has 0 spiro atoms.